The molecule has 2 aliphatic rings. The highest BCUT2D eigenvalue weighted by Gasteiger charge is 2.44. The fourth-order valence-corrected chi connectivity index (χ4v) is 11.5. The molecular weight excluding hydrogens is 846 g/mol. The average molecular weight is 910 g/mol. The molecule has 0 saturated carbocycles. The minimum absolute atomic E-state index is 0.0102. The van der Waals surface area contributed by atoms with Gasteiger partial charge in [0.05, 0.1) is 0 Å². The zero-order valence-electron chi connectivity index (χ0n) is 43.1. The summed E-state index contributed by atoms with van der Waals surface area (Å²) in [5, 5.41) is 7.66. The molecule has 0 radical (unpaired) electrons. The number of fused-ring (bicyclic) bond motifs is 9. The molecule has 0 unspecified atom stereocenters. The molecule has 9 aromatic carbocycles. The van der Waals surface area contributed by atoms with Gasteiger partial charge in [-0.2, -0.15) is 0 Å². The van der Waals surface area contributed by atoms with Gasteiger partial charge in [-0.25, -0.2) is 0 Å². The van der Waals surface area contributed by atoms with E-state index in [0.717, 1.165) is 17.1 Å². The molecular formula is C66H64BN3. The number of aromatic nitrogens is 1. The Kier molecular flexibility index (Phi) is 9.62. The van der Waals surface area contributed by atoms with Crippen molar-refractivity contribution in [3.63, 3.8) is 0 Å². The lowest BCUT2D eigenvalue weighted by molar-refractivity contribution is 0.569. The zero-order valence-corrected chi connectivity index (χ0v) is 43.1. The van der Waals surface area contributed by atoms with Crippen LogP contribution in [0.3, 0.4) is 0 Å². The molecule has 4 heteroatoms. The Morgan fingerprint density at radius 3 is 1.49 bits per heavy atom. The summed E-state index contributed by atoms with van der Waals surface area (Å²) < 4.78 is 2.74. The molecule has 3 heterocycles. The first kappa shape index (κ1) is 44.2. The zero-order chi connectivity index (χ0) is 48.8. The van der Waals surface area contributed by atoms with Crippen LogP contribution >= 0.6 is 0 Å². The Bertz CT molecular complexity index is 3680. The van der Waals surface area contributed by atoms with Gasteiger partial charge in [0, 0.05) is 61.5 Å². The van der Waals surface area contributed by atoms with Crippen molar-refractivity contribution >= 4 is 95.2 Å². The summed E-state index contributed by atoms with van der Waals surface area (Å²) in [7, 11) is 0. The number of anilines is 6. The van der Waals surface area contributed by atoms with Gasteiger partial charge in [0.2, 0.25) is 0 Å². The molecule has 0 aliphatic carbocycles. The Labute approximate surface area is 415 Å². The lowest BCUT2D eigenvalue weighted by Gasteiger charge is -2.42. The third-order valence-electron chi connectivity index (χ3n) is 15.4. The quantitative estimate of drug-likeness (QED) is 0.129. The van der Waals surface area contributed by atoms with Crippen LogP contribution < -0.4 is 20.7 Å². The first-order valence-electron chi connectivity index (χ1n) is 25.4. The van der Waals surface area contributed by atoms with E-state index in [1.165, 1.54) is 105 Å². The highest BCUT2D eigenvalue weighted by Crippen LogP contribution is 2.51. The van der Waals surface area contributed by atoms with Crippen molar-refractivity contribution in [1.29, 1.82) is 0 Å². The number of hydrogen-bond donors (Lipinski definition) is 0. The minimum Gasteiger partial charge on any atom is -0.375 e. The Morgan fingerprint density at radius 1 is 0.386 bits per heavy atom. The molecule has 0 saturated heterocycles. The smallest absolute Gasteiger partial charge is 0.333 e. The van der Waals surface area contributed by atoms with E-state index in [1.807, 2.05) is 0 Å². The Hall–Kier alpha value is -7.04. The van der Waals surface area contributed by atoms with Crippen LogP contribution in [0.1, 0.15) is 105 Å². The largest absolute Gasteiger partial charge is 0.375 e. The summed E-state index contributed by atoms with van der Waals surface area (Å²) in [6.45, 7) is 28.2. The lowest BCUT2D eigenvalue weighted by atomic mass is 9.45. The first-order chi connectivity index (χ1) is 33.2. The third-order valence-corrected chi connectivity index (χ3v) is 15.4. The predicted molar refractivity (Wildman–Crippen MR) is 304 cm³/mol. The summed E-state index contributed by atoms with van der Waals surface area (Å²) in [5.41, 5.74) is 19.9. The molecule has 0 N–H and O–H groups in total. The van der Waals surface area contributed by atoms with Crippen molar-refractivity contribution < 1.29 is 0 Å². The fourth-order valence-electron chi connectivity index (χ4n) is 11.5. The van der Waals surface area contributed by atoms with Crippen LogP contribution in [0.5, 0.6) is 0 Å². The fraction of sp³-hybridized carbons (Fsp3) is 0.242. The minimum atomic E-state index is -0.107. The molecule has 1 aromatic heterocycles. The van der Waals surface area contributed by atoms with Crippen molar-refractivity contribution in [2.45, 2.75) is 105 Å². The van der Waals surface area contributed by atoms with Gasteiger partial charge in [-0.15, -0.1) is 0 Å². The average Bonchev–Trinajstić information content (AvgIpc) is 3.64. The van der Waals surface area contributed by atoms with Crippen LogP contribution in [0.2, 0.25) is 0 Å². The van der Waals surface area contributed by atoms with E-state index in [1.54, 1.807) is 0 Å². The van der Waals surface area contributed by atoms with Crippen LogP contribution in [0.15, 0.2) is 170 Å². The monoisotopic (exact) mass is 910 g/mol. The van der Waals surface area contributed by atoms with E-state index in [0.29, 0.717) is 0 Å². The van der Waals surface area contributed by atoms with Gasteiger partial charge >= 0.3 is 6.85 Å². The van der Waals surface area contributed by atoms with Gasteiger partial charge in [-0.1, -0.05) is 162 Å². The van der Waals surface area contributed by atoms with Crippen LogP contribution in [0.4, 0.5) is 34.1 Å². The molecule has 12 rings (SSSR count). The number of hydrogen-bond acceptors (Lipinski definition) is 2. The maximum absolute atomic E-state index is 2.74. The van der Waals surface area contributed by atoms with E-state index < -0.39 is 0 Å². The van der Waals surface area contributed by atoms with Crippen molar-refractivity contribution in [3.8, 4) is 11.1 Å². The van der Waals surface area contributed by atoms with Gasteiger partial charge in [0.25, 0.3) is 0 Å². The number of benzene rings is 9. The molecule has 346 valence electrons. The van der Waals surface area contributed by atoms with Gasteiger partial charge < -0.3 is 14.3 Å². The maximum atomic E-state index is 2.74. The topological polar surface area (TPSA) is 11.4 Å². The summed E-state index contributed by atoms with van der Waals surface area (Å²) in [6.07, 6.45) is 0. The van der Waals surface area contributed by atoms with E-state index >= 15 is 0 Å². The van der Waals surface area contributed by atoms with Crippen LogP contribution in [0.25, 0.3) is 54.5 Å². The van der Waals surface area contributed by atoms with Gasteiger partial charge in [0.15, 0.2) is 0 Å². The first-order valence-corrected chi connectivity index (χ1v) is 25.4. The molecule has 2 aliphatic heterocycles. The summed E-state index contributed by atoms with van der Waals surface area (Å²) >= 11 is 0. The van der Waals surface area contributed by atoms with Gasteiger partial charge in [0.1, 0.15) is 0 Å². The maximum Gasteiger partial charge on any atom is 0.333 e. The molecule has 0 amide bonds. The number of para-hydroxylation sites is 2. The molecule has 0 fully saturated rings. The lowest BCUT2D eigenvalue weighted by Crippen LogP contribution is -2.56. The van der Waals surface area contributed by atoms with Crippen molar-refractivity contribution in [2.75, 3.05) is 9.80 Å². The van der Waals surface area contributed by atoms with Crippen LogP contribution in [-0.4, -0.2) is 11.3 Å². The Morgan fingerprint density at radius 2 is 0.914 bits per heavy atom. The van der Waals surface area contributed by atoms with Crippen molar-refractivity contribution in [2.24, 2.45) is 0 Å². The molecule has 10 aromatic rings. The van der Waals surface area contributed by atoms with Gasteiger partial charge in [-0.05, 0) is 173 Å². The molecule has 70 heavy (non-hydrogen) atoms. The Balaban J connectivity index is 1.30. The normalized spacial score (nSPS) is 13.7. The van der Waals surface area contributed by atoms with Gasteiger partial charge in [-0.3, -0.25) is 0 Å². The summed E-state index contributed by atoms with van der Waals surface area (Å²) in [4.78, 5) is 5.11. The van der Waals surface area contributed by atoms with E-state index in [9.17, 15) is 0 Å². The second kappa shape index (κ2) is 15.2. The van der Waals surface area contributed by atoms with E-state index in [2.05, 4.69) is 267 Å². The third kappa shape index (κ3) is 7.00. The SMILES string of the molecule is CC(C)(C)c1cc(N2c3cc4cc5ccccc5cc4cc3B3c4c(cc(N(c5ccccc5)c5ccccc5)cc42)-c2cc(C(C)(C)C)cc4c5cc(C(C)(C)C)ccc5n3c24)cc(C(C)(C)C)c1. The summed E-state index contributed by atoms with van der Waals surface area (Å²) in [6, 6.07) is 65.4. The molecule has 0 spiro atoms. The number of nitrogens with zero attached hydrogens (tertiary/aromatic N) is 3. The van der Waals surface area contributed by atoms with E-state index in [-0.39, 0.29) is 28.5 Å². The second-order valence-electron chi connectivity index (χ2n) is 24.4. The van der Waals surface area contributed by atoms with E-state index in [4.69, 9.17) is 0 Å². The second-order valence-corrected chi connectivity index (χ2v) is 24.4. The standard InChI is InChI=1S/C66H64BN3/c1-63(2,3)45-27-28-58-53(36-45)55-37-48(66(10,11)12)38-56-54-39-52(68(49-23-15-13-16-24-49)50-25-17-14-18-26-50)40-60-61(54)67(70(58)62(55)56)57-31-43-29-41-21-19-20-22-42(41)30-44(43)32-59(57)69(60)51-34-46(64(4,5)6)33-47(35-51)65(7,8)9/h13-40H,1-12H3. The van der Waals surface area contributed by atoms with Crippen LogP contribution in [-0.2, 0) is 21.7 Å². The van der Waals surface area contributed by atoms with Crippen molar-refractivity contribution in [1.82, 2.24) is 4.48 Å². The van der Waals surface area contributed by atoms with Crippen molar-refractivity contribution in [3.05, 3.63) is 192 Å². The molecule has 3 nitrogen and oxygen atoms in total. The highest BCUT2D eigenvalue weighted by molar-refractivity contribution is 6.90. The molecule has 0 atom stereocenters. The number of rotatable bonds is 4. The predicted octanol–water partition coefficient (Wildman–Crippen LogP) is 17.2. The molecule has 0 bridgehead atoms. The highest BCUT2D eigenvalue weighted by atomic mass is 15.2. The van der Waals surface area contributed by atoms with Crippen LogP contribution in [0, 0.1) is 0 Å². The summed E-state index contributed by atoms with van der Waals surface area (Å²) in [5.74, 6) is 0.